The van der Waals surface area contributed by atoms with Crippen LogP contribution in [0.4, 0.5) is 10.5 Å². The predicted molar refractivity (Wildman–Crippen MR) is 58.3 cm³/mol. The fourth-order valence-electron chi connectivity index (χ4n) is 1.16. The van der Waals surface area contributed by atoms with E-state index in [1.165, 1.54) is 0 Å². The van der Waals surface area contributed by atoms with Crippen LogP contribution in [0.25, 0.3) is 0 Å². The van der Waals surface area contributed by atoms with E-state index in [0.29, 0.717) is 5.69 Å². The summed E-state index contributed by atoms with van der Waals surface area (Å²) in [5.74, 6) is 5.32. The van der Waals surface area contributed by atoms with Crippen molar-refractivity contribution in [3.63, 3.8) is 0 Å². The highest BCUT2D eigenvalue weighted by atomic mass is 16.2. The normalized spacial score (nSPS) is 8.93. The van der Waals surface area contributed by atoms with Crippen LogP contribution in [-0.4, -0.2) is 17.7 Å². The monoisotopic (exact) mass is 204 g/mol. The molecule has 0 bridgehead atoms. The van der Waals surface area contributed by atoms with Gasteiger partial charge in [-0.25, -0.2) is 4.79 Å². The minimum Gasteiger partial charge on any atom is -0.384 e. The fraction of sp³-hybridized carbons (Fsp3) is 0.182. The number of aryl methyl sites for hydroxylation is 1. The zero-order valence-corrected chi connectivity index (χ0v) is 8.37. The second-order valence-electron chi connectivity index (χ2n) is 2.98. The summed E-state index contributed by atoms with van der Waals surface area (Å²) in [5, 5.41) is 11.0. The van der Waals surface area contributed by atoms with Crippen molar-refractivity contribution in [3.8, 4) is 11.8 Å². The smallest absolute Gasteiger partial charge is 0.316 e. The molecule has 4 nitrogen and oxygen atoms in total. The molecule has 0 saturated carbocycles. The van der Waals surface area contributed by atoms with Crippen molar-refractivity contribution >= 4 is 11.7 Å². The molecule has 0 spiro atoms. The van der Waals surface area contributed by atoms with Gasteiger partial charge in [-0.2, -0.15) is 0 Å². The highest BCUT2D eigenvalue weighted by molar-refractivity contribution is 5.88. The van der Waals surface area contributed by atoms with Gasteiger partial charge in [-0.1, -0.05) is 11.8 Å². The van der Waals surface area contributed by atoms with Crippen LogP contribution in [0.3, 0.4) is 0 Å². The van der Waals surface area contributed by atoms with Crippen LogP contribution in [0, 0.1) is 18.8 Å². The molecule has 0 aliphatic carbocycles. The molecule has 0 unspecified atom stereocenters. The van der Waals surface area contributed by atoms with E-state index in [4.69, 9.17) is 10.8 Å². The van der Waals surface area contributed by atoms with E-state index in [2.05, 4.69) is 17.2 Å². The Kier molecular flexibility index (Phi) is 3.72. The molecule has 0 aromatic heterocycles. The van der Waals surface area contributed by atoms with Crippen molar-refractivity contribution in [1.82, 2.24) is 0 Å². The van der Waals surface area contributed by atoms with Gasteiger partial charge in [-0.05, 0) is 30.7 Å². The number of aliphatic hydroxyl groups excluding tert-OH is 1. The molecule has 1 aromatic rings. The predicted octanol–water partition coefficient (Wildman–Crippen LogP) is 0.829. The lowest BCUT2D eigenvalue weighted by Gasteiger charge is -2.05. The molecule has 0 fully saturated rings. The first-order chi connectivity index (χ1) is 7.13. The zero-order chi connectivity index (χ0) is 11.3. The Morgan fingerprint density at radius 2 is 2.33 bits per heavy atom. The van der Waals surface area contributed by atoms with E-state index in [1.54, 1.807) is 12.1 Å². The Morgan fingerprint density at radius 1 is 1.60 bits per heavy atom. The molecule has 1 aromatic carbocycles. The number of carbonyl (C=O) groups excluding carboxylic acids is 1. The third kappa shape index (κ3) is 3.33. The van der Waals surface area contributed by atoms with E-state index >= 15 is 0 Å². The maximum atomic E-state index is 10.6. The number of nitrogens with two attached hydrogens (primary N) is 1. The van der Waals surface area contributed by atoms with Crippen LogP contribution >= 0.6 is 0 Å². The number of hydrogen-bond acceptors (Lipinski definition) is 2. The third-order valence-electron chi connectivity index (χ3n) is 1.80. The van der Waals surface area contributed by atoms with Gasteiger partial charge in [-0.15, -0.1) is 0 Å². The highest BCUT2D eigenvalue weighted by Crippen LogP contribution is 2.15. The van der Waals surface area contributed by atoms with Crippen molar-refractivity contribution in [2.75, 3.05) is 11.9 Å². The number of benzene rings is 1. The number of nitrogens with one attached hydrogen (secondary N) is 1. The average molecular weight is 204 g/mol. The van der Waals surface area contributed by atoms with Crippen molar-refractivity contribution in [2.24, 2.45) is 5.73 Å². The first-order valence-corrected chi connectivity index (χ1v) is 4.40. The topological polar surface area (TPSA) is 75.3 Å². The summed E-state index contributed by atoms with van der Waals surface area (Å²) < 4.78 is 0. The summed E-state index contributed by atoms with van der Waals surface area (Å²) in [6, 6.07) is 4.70. The SMILES string of the molecule is Cc1cc(C#CCO)ccc1NC(N)=O. The van der Waals surface area contributed by atoms with Gasteiger partial charge in [-0.3, -0.25) is 0 Å². The van der Waals surface area contributed by atoms with Crippen LogP contribution in [0.2, 0.25) is 0 Å². The van der Waals surface area contributed by atoms with Gasteiger partial charge >= 0.3 is 6.03 Å². The maximum Gasteiger partial charge on any atom is 0.316 e. The zero-order valence-electron chi connectivity index (χ0n) is 8.37. The highest BCUT2D eigenvalue weighted by Gasteiger charge is 2.00. The van der Waals surface area contributed by atoms with Gasteiger partial charge in [0.05, 0.1) is 0 Å². The van der Waals surface area contributed by atoms with E-state index in [-0.39, 0.29) is 6.61 Å². The number of aliphatic hydroxyl groups is 1. The molecule has 0 atom stereocenters. The first-order valence-electron chi connectivity index (χ1n) is 4.40. The summed E-state index contributed by atoms with van der Waals surface area (Å²) in [4.78, 5) is 10.6. The number of carbonyl (C=O) groups is 1. The number of amides is 2. The fourth-order valence-corrected chi connectivity index (χ4v) is 1.16. The van der Waals surface area contributed by atoms with E-state index in [9.17, 15) is 4.79 Å². The number of anilines is 1. The Labute approximate surface area is 88.1 Å². The Balaban J connectivity index is 2.92. The van der Waals surface area contributed by atoms with Crippen LogP contribution in [-0.2, 0) is 0 Å². The Hall–Kier alpha value is -1.99. The summed E-state index contributed by atoms with van der Waals surface area (Å²) in [6.07, 6.45) is 0. The maximum absolute atomic E-state index is 10.6. The molecule has 0 radical (unpaired) electrons. The van der Waals surface area contributed by atoms with Gasteiger partial charge in [0.2, 0.25) is 0 Å². The number of hydrogen-bond donors (Lipinski definition) is 3. The summed E-state index contributed by atoms with van der Waals surface area (Å²) in [7, 11) is 0. The number of urea groups is 1. The van der Waals surface area contributed by atoms with Gasteiger partial charge in [0.25, 0.3) is 0 Å². The summed E-state index contributed by atoms with van der Waals surface area (Å²) in [5.41, 5.74) is 7.33. The van der Waals surface area contributed by atoms with Gasteiger partial charge in [0.15, 0.2) is 0 Å². The van der Waals surface area contributed by atoms with Crippen LogP contribution in [0.1, 0.15) is 11.1 Å². The molecule has 15 heavy (non-hydrogen) atoms. The lowest BCUT2D eigenvalue weighted by atomic mass is 10.1. The molecule has 4 N–H and O–H groups in total. The molecule has 0 aliphatic heterocycles. The van der Waals surface area contributed by atoms with Crippen molar-refractivity contribution < 1.29 is 9.90 Å². The lowest BCUT2D eigenvalue weighted by molar-refractivity contribution is 0.259. The quantitative estimate of drug-likeness (QED) is 0.593. The minimum atomic E-state index is -0.590. The standard InChI is InChI=1S/C11H12N2O2/c1-8-7-9(3-2-6-14)4-5-10(8)13-11(12)15/h4-5,7,14H,6H2,1H3,(H3,12,13,15). The van der Waals surface area contributed by atoms with Crippen molar-refractivity contribution in [1.29, 1.82) is 0 Å². The second-order valence-corrected chi connectivity index (χ2v) is 2.98. The third-order valence-corrected chi connectivity index (χ3v) is 1.80. The minimum absolute atomic E-state index is 0.166. The number of rotatable bonds is 1. The first kappa shape index (κ1) is 11.1. The summed E-state index contributed by atoms with van der Waals surface area (Å²) >= 11 is 0. The molecule has 78 valence electrons. The molecule has 4 heteroatoms. The second kappa shape index (κ2) is 5.03. The van der Waals surface area contributed by atoms with Crippen LogP contribution in [0.15, 0.2) is 18.2 Å². The van der Waals surface area contributed by atoms with Gasteiger partial charge in [0, 0.05) is 11.3 Å². The van der Waals surface area contributed by atoms with Gasteiger partial charge in [0.1, 0.15) is 6.61 Å². The Bertz CT molecular complexity index is 430. The molecular weight excluding hydrogens is 192 g/mol. The average Bonchev–Trinajstić information content (AvgIpc) is 2.18. The molecule has 2 amide bonds. The van der Waals surface area contributed by atoms with Crippen molar-refractivity contribution in [2.45, 2.75) is 6.92 Å². The van der Waals surface area contributed by atoms with E-state index in [1.807, 2.05) is 13.0 Å². The van der Waals surface area contributed by atoms with E-state index in [0.717, 1.165) is 11.1 Å². The van der Waals surface area contributed by atoms with Gasteiger partial charge < -0.3 is 16.2 Å². The van der Waals surface area contributed by atoms with Crippen molar-refractivity contribution in [3.05, 3.63) is 29.3 Å². The largest absolute Gasteiger partial charge is 0.384 e. The lowest BCUT2D eigenvalue weighted by Crippen LogP contribution is -2.19. The summed E-state index contributed by atoms with van der Waals surface area (Å²) in [6.45, 7) is 1.68. The van der Waals surface area contributed by atoms with Crippen LogP contribution < -0.4 is 11.1 Å². The molecule has 1 rings (SSSR count). The van der Waals surface area contributed by atoms with E-state index < -0.39 is 6.03 Å². The Morgan fingerprint density at radius 3 is 2.87 bits per heavy atom. The number of primary amides is 1. The molecular formula is C11H12N2O2. The molecule has 0 aliphatic rings. The molecule has 0 saturated heterocycles. The molecule has 0 heterocycles. The van der Waals surface area contributed by atoms with Crippen LogP contribution in [0.5, 0.6) is 0 Å².